The predicted octanol–water partition coefficient (Wildman–Crippen LogP) is 2.43. The zero-order chi connectivity index (χ0) is 12.8. The van der Waals surface area contributed by atoms with E-state index in [0.29, 0.717) is 12.6 Å². The molecule has 18 heavy (non-hydrogen) atoms. The van der Waals surface area contributed by atoms with Crippen molar-refractivity contribution in [2.75, 3.05) is 20.2 Å². The van der Waals surface area contributed by atoms with Gasteiger partial charge in [-0.25, -0.2) is 0 Å². The van der Waals surface area contributed by atoms with E-state index < -0.39 is 0 Å². The number of rotatable bonds is 6. The smallest absolute Gasteiger partial charge is 0.124 e. The Kier molecular flexibility index (Phi) is 5.02. The number of ether oxygens (including phenoxy) is 1. The zero-order valence-corrected chi connectivity index (χ0v) is 11.1. The standard InChI is InChI=1S/C15H23NO2/c1-16(10-11-17)12-13-6-2-5-9-15(13)18-14-7-3-4-8-14/h2,5-6,9,14,17H,3-4,7-8,10-12H2,1H3. The summed E-state index contributed by atoms with van der Waals surface area (Å²) >= 11 is 0. The summed E-state index contributed by atoms with van der Waals surface area (Å²) in [4.78, 5) is 2.11. The molecule has 1 aliphatic carbocycles. The molecule has 3 nitrogen and oxygen atoms in total. The summed E-state index contributed by atoms with van der Waals surface area (Å²) in [5, 5.41) is 8.94. The van der Waals surface area contributed by atoms with E-state index in [1.165, 1.54) is 31.2 Å². The highest BCUT2D eigenvalue weighted by Crippen LogP contribution is 2.27. The maximum Gasteiger partial charge on any atom is 0.124 e. The van der Waals surface area contributed by atoms with Gasteiger partial charge in [-0.3, -0.25) is 4.90 Å². The molecule has 0 aromatic heterocycles. The van der Waals surface area contributed by atoms with E-state index in [1.807, 2.05) is 19.2 Å². The van der Waals surface area contributed by atoms with E-state index in [9.17, 15) is 0 Å². The number of para-hydroxylation sites is 1. The lowest BCUT2D eigenvalue weighted by Crippen LogP contribution is -2.22. The summed E-state index contributed by atoms with van der Waals surface area (Å²) in [5.41, 5.74) is 1.21. The molecule has 3 heteroatoms. The second-order valence-corrected chi connectivity index (χ2v) is 5.09. The van der Waals surface area contributed by atoms with Gasteiger partial charge in [0.1, 0.15) is 5.75 Å². The van der Waals surface area contributed by atoms with Crippen LogP contribution in [0.25, 0.3) is 0 Å². The number of aliphatic hydroxyl groups excluding tert-OH is 1. The maximum absolute atomic E-state index is 8.94. The van der Waals surface area contributed by atoms with Crippen LogP contribution in [0.15, 0.2) is 24.3 Å². The van der Waals surface area contributed by atoms with Crippen molar-refractivity contribution in [3.8, 4) is 5.75 Å². The van der Waals surface area contributed by atoms with Crippen LogP contribution in [0.5, 0.6) is 5.75 Å². The molecule has 0 aliphatic heterocycles. The van der Waals surface area contributed by atoms with Crippen LogP contribution in [0.3, 0.4) is 0 Å². The van der Waals surface area contributed by atoms with Gasteiger partial charge >= 0.3 is 0 Å². The molecule has 0 spiro atoms. The van der Waals surface area contributed by atoms with Crippen LogP contribution >= 0.6 is 0 Å². The molecule has 1 aliphatic rings. The van der Waals surface area contributed by atoms with Crippen LogP contribution in [-0.4, -0.2) is 36.3 Å². The summed E-state index contributed by atoms with van der Waals surface area (Å²) < 4.78 is 6.10. The van der Waals surface area contributed by atoms with Crippen molar-refractivity contribution >= 4 is 0 Å². The summed E-state index contributed by atoms with van der Waals surface area (Å²) in [6.07, 6.45) is 5.34. The largest absolute Gasteiger partial charge is 0.490 e. The van der Waals surface area contributed by atoms with Crippen LogP contribution in [0.4, 0.5) is 0 Å². The predicted molar refractivity (Wildman–Crippen MR) is 72.7 cm³/mol. The Labute approximate surface area is 109 Å². The monoisotopic (exact) mass is 249 g/mol. The molecule has 2 rings (SSSR count). The van der Waals surface area contributed by atoms with Crippen molar-refractivity contribution in [3.05, 3.63) is 29.8 Å². The minimum Gasteiger partial charge on any atom is -0.490 e. The first kappa shape index (κ1) is 13.4. The van der Waals surface area contributed by atoms with Gasteiger partial charge in [-0.05, 0) is 38.8 Å². The molecule has 1 saturated carbocycles. The van der Waals surface area contributed by atoms with Crippen molar-refractivity contribution in [3.63, 3.8) is 0 Å². The minimum atomic E-state index is 0.197. The van der Waals surface area contributed by atoms with Crippen molar-refractivity contribution in [2.24, 2.45) is 0 Å². The third-order valence-corrected chi connectivity index (χ3v) is 3.49. The molecule has 0 radical (unpaired) electrons. The Balaban J connectivity index is 2.00. The highest BCUT2D eigenvalue weighted by Gasteiger charge is 2.17. The van der Waals surface area contributed by atoms with E-state index in [0.717, 1.165) is 12.3 Å². The average Bonchev–Trinajstić information content (AvgIpc) is 2.85. The number of hydrogen-bond acceptors (Lipinski definition) is 3. The fourth-order valence-corrected chi connectivity index (χ4v) is 2.48. The van der Waals surface area contributed by atoms with Gasteiger partial charge in [-0.1, -0.05) is 18.2 Å². The van der Waals surface area contributed by atoms with E-state index >= 15 is 0 Å². The molecule has 1 fully saturated rings. The van der Waals surface area contributed by atoms with Crippen molar-refractivity contribution in [1.82, 2.24) is 4.90 Å². The van der Waals surface area contributed by atoms with Crippen molar-refractivity contribution in [2.45, 2.75) is 38.3 Å². The summed E-state index contributed by atoms with van der Waals surface area (Å²) in [6, 6.07) is 8.24. The highest BCUT2D eigenvalue weighted by atomic mass is 16.5. The number of aliphatic hydroxyl groups is 1. The Bertz CT molecular complexity index is 361. The van der Waals surface area contributed by atoms with Crippen molar-refractivity contribution < 1.29 is 9.84 Å². The molecule has 0 heterocycles. The third-order valence-electron chi connectivity index (χ3n) is 3.49. The van der Waals surface area contributed by atoms with Crippen LogP contribution in [0, 0.1) is 0 Å². The number of nitrogens with zero attached hydrogens (tertiary/aromatic N) is 1. The fourth-order valence-electron chi connectivity index (χ4n) is 2.48. The first-order valence-corrected chi connectivity index (χ1v) is 6.83. The van der Waals surface area contributed by atoms with E-state index in [1.54, 1.807) is 0 Å². The summed E-state index contributed by atoms with van der Waals surface area (Å²) in [6.45, 7) is 1.71. The molecule has 0 unspecified atom stereocenters. The zero-order valence-electron chi connectivity index (χ0n) is 11.1. The second kappa shape index (κ2) is 6.76. The summed E-state index contributed by atoms with van der Waals surface area (Å²) in [5.74, 6) is 1.01. The van der Waals surface area contributed by atoms with E-state index in [4.69, 9.17) is 9.84 Å². The Morgan fingerprint density at radius 1 is 1.28 bits per heavy atom. The maximum atomic E-state index is 8.94. The molecule has 1 N–H and O–H groups in total. The lowest BCUT2D eigenvalue weighted by molar-refractivity contribution is 0.196. The Morgan fingerprint density at radius 2 is 2.00 bits per heavy atom. The molecule has 0 bridgehead atoms. The molecule has 0 saturated heterocycles. The molecule has 1 aromatic carbocycles. The number of hydrogen-bond donors (Lipinski definition) is 1. The molecular formula is C15H23NO2. The van der Waals surface area contributed by atoms with Gasteiger partial charge in [-0.15, -0.1) is 0 Å². The molecule has 1 aromatic rings. The highest BCUT2D eigenvalue weighted by molar-refractivity contribution is 5.33. The van der Waals surface area contributed by atoms with E-state index in [-0.39, 0.29) is 6.61 Å². The van der Waals surface area contributed by atoms with Gasteiger partial charge in [0.05, 0.1) is 12.7 Å². The first-order chi connectivity index (χ1) is 8.79. The van der Waals surface area contributed by atoms with Crippen LogP contribution in [-0.2, 0) is 6.54 Å². The normalized spacial score (nSPS) is 16.4. The average molecular weight is 249 g/mol. The summed E-state index contributed by atoms with van der Waals surface area (Å²) in [7, 11) is 2.02. The van der Waals surface area contributed by atoms with Gasteiger partial charge < -0.3 is 9.84 Å². The van der Waals surface area contributed by atoms with E-state index in [2.05, 4.69) is 17.0 Å². The number of likely N-dealkylation sites (N-methyl/N-ethyl adjacent to an activating group) is 1. The topological polar surface area (TPSA) is 32.7 Å². The van der Waals surface area contributed by atoms with Crippen LogP contribution < -0.4 is 4.74 Å². The lowest BCUT2D eigenvalue weighted by Gasteiger charge is -2.20. The molecule has 100 valence electrons. The molecule has 0 atom stereocenters. The van der Waals surface area contributed by atoms with Crippen LogP contribution in [0.1, 0.15) is 31.2 Å². The Hall–Kier alpha value is -1.06. The fraction of sp³-hybridized carbons (Fsp3) is 0.600. The quantitative estimate of drug-likeness (QED) is 0.840. The molecule has 0 amide bonds. The lowest BCUT2D eigenvalue weighted by atomic mass is 10.2. The van der Waals surface area contributed by atoms with Crippen molar-refractivity contribution in [1.29, 1.82) is 0 Å². The first-order valence-electron chi connectivity index (χ1n) is 6.83. The van der Waals surface area contributed by atoms with Crippen LogP contribution in [0.2, 0.25) is 0 Å². The van der Waals surface area contributed by atoms with Gasteiger partial charge in [-0.2, -0.15) is 0 Å². The van der Waals surface area contributed by atoms with Gasteiger partial charge in [0.2, 0.25) is 0 Å². The third kappa shape index (κ3) is 3.72. The number of benzene rings is 1. The van der Waals surface area contributed by atoms with Gasteiger partial charge in [0.25, 0.3) is 0 Å². The molecular weight excluding hydrogens is 226 g/mol. The Morgan fingerprint density at radius 3 is 2.72 bits per heavy atom. The SMILES string of the molecule is CN(CCO)Cc1ccccc1OC1CCCC1. The second-order valence-electron chi connectivity index (χ2n) is 5.09. The minimum absolute atomic E-state index is 0.197. The van der Waals surface area contributed by atoms with Gasteiger partial charge in [0.15, 0.2) is 0 Å². The van der Waals surface area contributed by atoms with Gasteiger partial charge in [0, 0.05) is 18.7 Å².